The number of piperidine rings is 1. The summed E-state index contributed by atoms with van der Waals surface area (Å²) in [5.41, 5.74) is 8.78. The molecular formula is C20H21N7O3S. The first-order chi connectivity index (χ1) is 14.9. The zero-order chi connectivity index (χ0) is 21.6. The van der Waals surface area contributed by atoms with Gasteiger partial charge in [-0.2, -0.15) is 5.10 Å². The molecule has 0 amide bonds. The Morgan fingerprint density at radius 2 is 1.87 bits per heavy atom. The van der Waals surface area contributed by atoms with Crippen molar-refractivity contribution in [1.82, 2.24) is 29.2 Å². The van der Waals surface area contributed by atoms with Gasteiger partial charge in [-0.15, -0.1) is 0 Å². The molecule has 0 spiro atoms. The van der Waals surface area contributed by atoms with E-state index in [1.807, 2.05) is 41.1 Å². The minimum absolute atomic E-state index is 0.0101. The molecule has 4 aromatic rings. The van der Waals surface area contributed by atoms with E-state index >= 15 is 0 Å². The quantitative estimate of drug-likeness (QED) is 0.512. The molecule has 1 fully saturated rings. The summed E-state index contributed by atoms with van der Waals surface area (Å²) < 4.78 is 32.5. The van der Waals surface area contributed by atoms with Gasteiger partial charge in [0.15, 0.2) is 11.4 Å². The molecule has 2 N–H and O–H groups in total. The first kappa shape index (κ1) is 19.6. The van der Waals surface area contributed by atoms with Crippen LogP contribution in [0.5, 0.6) is 0 Å². The number of nitrogens with two attached hydrogens (primary N) is 1. The Bertz CT molecular complexity index is 1340. The molecule has 1 saturated heterocycles. The monoisotopic (exact) mass is 439 g/mol. The summed E-state index contributed by atoms with van der Waals surface area (Å²) in [6.07, 6.45) is 3.89. The number of nitrogens with zero attached hydrogens (tertiary/aromatic N) is 6. The van der Waals surface area contributed by atoms with Crippen LogP contribution >= 0.6 is 0 Å². The molecule has 160 valence electrons. The molecule has 31 heavy (non-hydrogen) atoms. The van der Waals surface area contributed by atoms with Gasteiger partial charge in [0.25, 0.3) is 0 Å². The lowest BCUT2D eigenvalue weighted by Gasteiger charge is -2.30. The van der Waals surface area contributed by atoms with Gasteiger partial charge in [-0.3, -0.25) is 0 Å². The van der Waals surface area contributed by atoms with Crippen molar-refractivity contribution < 1.29 is 12.9 Å². The van der Waals surface area contributed by atoms with E-state index in [1.165, 1.54) is 16.9 Å². The minimum atomic E-state index is -3.21. The number of aromatic nitrogens is 5. The van der Waals surface area contributed by atoms with Crippen LogP contribution in [-0.2, 0) is 10.0 Å². The van der Waals surface area contributed by atoms with Gasteiger partial charge in [0.1, 0.15) is 23.5 Å². The second-order valence-corrected chi connectivity index (χ2v) is 9.57. The van der Waals surface area contributed by atoms with Crippen molar-refractivity contribution in [3.05, 3.63) is 42.7 Å². The Balaban J connectivity index is 1.55. The third-order valence-electron chi connectivity index (χ3n) is 5.57. The third-order valence-corrected chi connectivity index (χ3v) is 6.87. The molecule has 5 rings (SSSR count). The predicted octanol–water partition coefficient (Wildman–Crippen LogP) is 2.33. The highest BCUT2D eigenvalue weighted by Gasteiger charge is 2.29. The van der Waals surface area contributed by atoms with E-state index in [0.717, 1.165) is 5.56 Å². The molecule has 1 aromatic carbocycles. The zero-order valence-corrected chi connectivity index (χ0v) is 17.7. The SMILES string of the molecule is CS(=O)(=O)N1CCC(n2nc(-c3cc(-c4ccccc4)on3)c3c(N)ncnc32)CC1. The molecule has 10 nitrogen and oxygen atoms in total. The van der Waals surface area contributed by atoms with Gasteiger partial charge in [0.2, 0.25) is 10.0 Å². The van der Waals surface area contributed by atoms with Gasteiger partial charge in [-0.1, -0.05) is 35.5 Å². The standard InChI is InChI=1S/C20H21N7O3S/c1-31(28,29)26-9-7-14(8-10-26)27-20-17(19(21)22-12-23-20)18(24-27)15-11-16(30-25-15)13-5-3-2-4-6-13/h2-6,11-12,14H,7-10H2,1H3,(H2,21,22,23). The van der Waals surface area contributed by atoms with Crippen molar-refractivity contribution in [2.24, 2.45) is 0 Å². The van der Waals surface area contributed by atoms with E-state index in [0.29, 0.717) is 59.9 Å². The van der Waals surface area contributed by atoms with E-state index in [2.05, 4.69) is 15.1 Å². The summed E-state index contributed by atoms with van der Waals surface area (Å²) in [6, 6.07) is 11.5. The van der Waals surface area contributed by atoms with Crippen molar-refractivity contribution in [3.63, 3.8) is 0 Å². The van der Waals surface area contributed by atoms with Crippen LogP contribution in [0.4, 0.5) is 5.82 Å². The van der Waals surface area contributed by atoms with E-state index in [9.17, 15) is 8.42 Å². The fraction of sp³-hybridized carbons (Fsp3) is 0.300. The molecule has 0 saturated carbocycles. The molecule has 1 aliphatic rings. The van der Waals surface area contributed by atoms with Crippen LogP contribution < -0.4 is 5.73 Å². The van der Waals surface area contributed by atoms with Crippen LogP contribution in [0, 0.1) is 0 Å². The predicted molar refractivity (Wildman–Crippen MR) is 115 cm³/mol. The number of rotatable bonds is 4. The smallest absolute Gasteiger partial charge is 0.211 e. The molecule has 0 atom stereocenters. The largest absolute Gasteiger partial charge is 0.383 e. The molecule has 0 aliphatic carbocycles. The van der Waals surface area contributed by atoms with Gasteiger partial charge in [-0.25, -0.2) is 27.4 Å². The summed E-state index contributed by atoms with van der Waals surface area (Å²) in [6.45, 7) is 0.867. The molecular weight excluding hydrogens is 418 g/mol. The summed E-state index contributed by atoms with van der Waals surface area (Å²) in [5, 5.41) is 9.60. The maximum absolute atomic E-state index is 11.8. The topological polar surface area (TPSA) is 133 Å². The van der Waals surface area contributed by atoms with Crippen molar-refractivity contribution in [1.29, 1.82) is 0 Å². The van der Waals surface area contributed by atoms with Crippen molar-refractivity contribution in [2.45, 2.75) is 18.9 Å². The maximum Gasteiger partial charge on any atom is 0.211 e. The number of anilines is 1. The fourth-order valence-electron chi connectivity index (χ4n) is 3.97. The Kier molecular flexibility index (Phi) is 4.71. The highest BCUT2D eigenvalue weighted by molar-refractivity contribution is 7.88. The number of fused-ring (bicyclic) bond motifs is 1. The summed E-state index contributed by atoms with van der Waals surface area (Å²) in [7, 11) is -3.21. The van der Waals surface area contributed by atoms with Crippen LogP contribution in [0.3, 0.4) is 0 Å². The van der Waals surface area contributed by atoms with Gasteiger partial charge in [0, 0.05) is 24.7 Å². The van der Waals surface area contributed by atoms with Gasteiger partial charge < -0.3 is 10.3 Å². The normalized spacial score (nSPS) is 16.2. The van der Waals surface area contributed by atoms with E-state index in [4.69, 9.17) is 15.4 Å². The Morgan fingerprint density at radius 3 is 2.58 bits per heavy atom. The maximum atomic E-state index is 11.8. The van der Waals surface area contributed by atoms with E-state index in [1.54, 1.807) is 0 Å². The molecule has 0 radical (unpaired) electrons. The molecule has 4 heterocycles. The molecule has 1 aliphatic heterocycles. The summed E-state index contributed by atoms with van der Waals surface area (Å²) in [4.78, 5) is 8.54. The number of benzene rings is 1. The van der Waals surface area contributed by atoms with Gasteiger partial charge in [-0.05, 0) is 12.8 Å². The average molecular weight is 440 g/mol. The molecule has 11 heteroatoms. The first-order valence-electron chi connectivity index (χ1n) is 9.88. The number of hydrogen-bond acceptors (Lipinski definition) is 8. The van der Waals surface area contributed by atoms with Crippen LogP contribution in [0.1, 0.15) is 18.9 Å². The first-order valence-corrected chi connectivity index (χ1v) is 11.7. The fourth-order valence-corrected chi connectivity index (χ4v) is 4.85. The van der Waals surface area contributed by atoms with Gasteiger partial charge >= 0.3 is 0 Å². The lowest BCUT2D eigenvalue weighted by molar-refractivity contribution is 0.266. The van der Waals surface area contributed by atoms with Crippen LogP contribution in [0.25, 0.3) is 33.7 Å². The lowest BCUT2D eigenvalue weighted by Crippen LogP contribution is -2.38. The molecule has 3 aromatic heterocycles. The molecule has 0 bridgehead atoms. The summed E-state index contributed by atoms with van der Waals surface area (Å²) >= 11 is 0. The lowest BCUT2D eigenvalue weighted by atomic mass is 10.1. The van der Waals surface area contributed by atoms with Crippen molar-refractivity contribution in [3.8, 4) is 22.7 Å². The third kappa shape index (κ3) is 3.55. The Hall–Kier alpha value is -3.31. The minimum Gasteiger partial charge on any atom is -0.383 e. The zero-order valence-electron chi connectivity index (χ0n) is 16.8. The Morgan fingerprint density at radius 1 is 1.13 bits per heavy atom. The van der Waals surface area contributed by atoms with Crippen molar-refractivity contribution >= 4 is 26.9 Å². The second kappa shape index (κ2) is 7.43. The van der Waals surface area contributed by atoms with E-state index in [-0.39, 0.29) is 6.04 Å². The second-order valence-electron chi connectivity index (χ2n) is 7.59. The van der Waals surface area contributed by atoms with Crippen LogP contribution in [0.2, 0.25) is 0 Å². The number of nitrogen functional groups attached to an aromatic ring is 1. The number of sulfonamides is 1. The van der Waals surface area contributed by atoms with Gasteiger partial charge in [0.05, 0.1) is 17.7 Å². The highest BCUT2D eigenvalue weighted by atomic mass is 32.2. The highest BCUT2D eigenvalue weighted by Crippen LogP contribution is 2.35. The number of hydrogen-bond donors (Lipinski definition) is 1. The van der Waals surface area contributed by atoms with E-state index < -0.39 is 10.0 Å². The van der Waals surface area contributed by atoms with Crippen LogP contribution in [-0.4, -0.2) is 57.0 Å². The Labute approximate surface area is 178 Å². The molecule has 0 unspecified atom stereocenters. The van der Waals surface area contributed by atoms with Crippen LogP contribution in [0.15, 0.2) is 47.2 Å². The average Bonchev–Trinajstić information content (AvgIpc) is 3.40. The summed E-state index contributed by atoms with van der Waals surface area (Å²) in [5.74, 6) is 0.930. The van der Waals surface area contributed by atoms with Crippen molar-refractivity contribution in [2.75, 3.05) is 25.1 Å².